The Bertz CT molecular complexity index is 303. The van der Waals surface area contributed by atoms with Crippen molar-refractivity contribution in [3.63, 3.8) is 0 Å². The minimum Gasteiger partial charge on any atom is -0.179 e. The van der Waals surface area contributed by atoms with Crippen molar-refractivity contribution >= 4 is 24.4 Å². The molecule has 0 nitrogen and oxygen atoms in total. The SMILES string of the molecule is CCC(CS)CSc1cc(C)ccc1C. The molecule has 0 heterocycles. The van der Waals surface area contributed by atoms with Gasteiger partial charge in [-0.3, -0.25) is 0 Å². The van der Waals surface area contributed by atoms with Crippen molar-refractivity contribution < 1.29 is 0 Å². The zero-order valence-electron chi connectivity index (χ0n) is 9.79. The van der Waals surface area contributed by atoms with Gasteiger partial charge in [-0.25, -0.2) is 0 Å². The lowest BCUT2D eigenvalue weighted by Crippen LogP contribution is -2.03. The number of thioether (sulfide) groups is 1. The van der Waals surface area contributed by atoms with E-state index in [-0.39, 0.29) is 0 Å². The van der Waals surface area contributed by atoms with E-state index in [4.69, 9.17) is 0 Å². The topological polar surface area (TPSA) is 0 Å². The first kappa shape index (κ1) is 13.0. The molecule has 0 radical (unpaired) electrons. The lowest BCUT2D eigenvalue weighted by molar-refractivity contribution is 0.649. The molecule has 2 heteroatoms. The van der Waals surface area contributed by atoms with Crippen LogP contribution in [0.4, 0.5) is 0 Å². The molecule has 0 aliphatic rings. The van der Waals surface area contributed by atoms with Crippen molar-refractivity contribution in [2.24, 2.45) is 5.92 Å². The summed E-state index contributed by atoms with van der Waals surface area (Å²) >= 11 is 6.34. The average Bonchev–Trinajstić information content (AvgIpc) is 2.24. The quantitative estimate of drug-likeness (QED) is 0.589. The van der Waals surface area contributed by atoms with E-state index in [9.17, 15) is 0 Å². The average molecular weight is 240 g/mol. The van der Waals surface area contributed by atoms with Crippen LogP contribution in [0, 0.1) is 19.8 Å². The fraction of sp³-hybridized carbons (Fsp3) is 0.538. The Morgan fingerprint density at radius 1 is 1.33 bits per heavy atom. The fourth-order valence-electron chi connectivity index (χ4n) is 1.37. The second-order valence-corrected chi connectivity index (χ2v) is 5.46. The molecule has 0 amide bonds. The van der Waals surface area contributed by atoms with Gasteiger partial charge < -0.3 is 0 Å². The lowest BCUT2D eigenvalue weighted by atomic mass is 10.1. The van der Waals surface area contributed by atoms with Gasteiger partial charge in [-0.15, -0.1) is 11.8 Å². The molecule has 0 aromatic heterocycles. The van der Waals surface area contributed by atoms with Crippen molar-refractivity contribution in [2.75, 3.05) is 11.5 Å². The highest BCUT2D eigenvalue weighted by atomic mass is 32.2. The summed E-state index contributed by atoms with van der Waals surface area (Å²) in [6, 6.07) is 6.67. The third kappa shape index (κ3) is 4.12. The van der Waals surface area contributed by atoms with E-state index < -0.39 is 0 Å². The highest BCUT2D eigenvalue weighted by molar-refractivity contribution is 7.99. The van der Waals surface area contributed by atoms with Gasteiger partial charge in [-0.05, 0) is 37.1 Å². The summed E-state index contributed by atoms with van der Waals surface area (Å²) < 4.78 is 0. The van der Waals surface area contributed by atoms with Gasteiger partial charge in [-0.2, -0.15) is 12.6 Å². The van der Waals surface area contributed by atoms with E-state index in [1.165, 1.54) is 28.2 Å². The molecular formula is C13H20S2. The first-order valence-corrected chi connectivity index (χ1v) is 7.10. The predicted molar refractivity (Wildman–Crippen MR) is 74.3 cm³/mol. The minimum atomic E-state index is 0.734. The van der Waals surface area contributed by atoms with Crippen LogP contribution in [0.2, 0.25) is 0 Å². The minimum absolute atomic E-state index is 0.734. The molecule has 0 spiro atoms. The van der Waals surface area contributed by atoms with Crippen molar-refractivity contribution in [3.05, 3.63) is 29.3 Å². The van der Waals surface area contributed by atoms with E-state index in [0.29, 0.717) is 0 Å². The molecule has 0 saturated heterocycles. The monoisotopic (exact) mass is 240 g/mol. The van der Waals surface area contributed by atoms with Crippen LogP contribution in [0.25, 0.3) is 0 Å². The number of rotatable bonds is 5. The van der Waals surface area contributed by atoms with Gasteiger partial charge >= 0.3 is 0 Å². The molecule has 1 aromatic rings. The van der Waals surface area contributed by atoms with E-state index >= 15 is 0 Å². The Morgan fingerprint density at radius 2 is 2.07 bits per heavy atom. The summed E-state index contributed by atoms with van der Waals surface area (Å²) in [6.07, 6.45) is 1.22. The smallest absolute Gasteiger partial charge is 0.0104 e. The maximum atomic E-state index is 4.37. The Morgan fingerprint density at radius 3 is 2.67 bits per heavy atom. The molecule has 0 fully saturated rings. The Balaban J connectivity index is 2.60. The number of thiol groups is 1. The maximum absolute atomic E-state index is 4.37. The summed E-state index contributed by atoms with van der Waals surface area (Å²) in [5.74, 6) is 2.91. The van der Waals surface area contributed by atoms with Crippen LogP contribution in [0.3, 0.4) is 0 Å². The Labute approximate surface area is 103 Å². The van der Waals surface area contributed by atoms with Crippen LogP contribution < -0.4 is 0 Å². The molecule has 1 aromatic carbocycles. The fourth-order valence-corrected chi connectivity index (χ4v) is 3.27. The summed E-state index contributed by atoms with van der Waals surface area (Å²) in [7, 11) is 0. The highest BCUT2D eigenvalue weighted by Crippen LogP contribution is 2.26. The maximum Gasteiger partial charge on any atom is 0.0104 e. The number of hydrogen-bond acceptors (Lipinski definition) is 2. The standard InChI is InChI=1S/C13H20S2/c1-4-12(8-14)9-15-13-7-10(2)5-6-11(13)3/h5-7,12,14H,4,8-9H2,1-3H3. The normalized spacial score (nSPS) is 12.8. The van der Waals surface area contributed by atoms with E-state index in [1.807, 2.05) is 11.8 Å². The van der Waals surface area contributed by atoms with Gasteiger partial charge in [0.2, 0.25) is 0 Å². The molecule has 15 heavy (non-hydrogen) atoms. The van der Waals surface area contributed by atoms with Crippen molar-refractivity contribution in [1.82, 2.24) is 0 Å². The number of aryl methyl sites for hydroxylation is 2. The van der Waals surface area contributed by atoms with E-state index in [0.717, 1.165) is 11.7 Å². The number of hydrogen-bond donors (Lipinski definition) is 1. The Hall–Kier alpha value is -0.0800. The van der Waals surface area contributed by atoms with Gasteiger partial charge in [0.05, 0.1) is 0 Å². The second-order valence-electron chi connectivity index (χ2n) is 4.04. The molecule has 0 bridgehead atoms. The van der Waals surface area contributed by atoms with Crippen molar-refractivity contribution in [2.45, 2.75) is 32.1 Å². The third-order valence-electron chi connectivity index (χ3n) is 2.65. The summed E-state index contributed by atoms with van der Waals surface area (Å²) in [6.45, 7) is 6.58. The van der Waals surface area contributed by atoms with Crippen molar-refractivity contribution in [1.29, 1.82) is 0 Å². The first-order chi connectivity index (χ1) is 7.17. The molecule has 1 atom stereocenters. The second kappa shape index (κ2) is 6.49. The molecule has 84 valence electrons. The van der Waals surface area contributed by atoms with E-state index in [2.05, 4.69) is 51.6 Å². The molecule has 0 saturated carbocycles. The molecule has 0 N–H and O–H groups in total. The lowest BCUT2D eigenvalue weighted by Gasteiger charge is -2.12. The summed E-state index contributed by atoms with van der Waals surface area (Å²) in [5.41, 5.74) is 2.74. The van der Waals surface area contributed by atoms with Gasteiger partial charge in [-0.1, -0.05) is 31.0 Å². The van der Waals surface area contributed by atoms with Crippen molar-refractivity contribution in [3.8, 4) is 0 Å². The third-order valence-corrected chi connectivity index (χ3v) is 4.56. The van der Waals surface area contributed by atoms with Gasteiger partial charge in [0.25, 0.3) is 0 Å². The highest BCUT2D eigenvalue weighted by Gasteiger charge is 2.06. The zero-order valence-corrected chi connectivity index (χ0v) is 11.5. The summed E-state index contributed by atoms with van der Waals surface area (Å²) in [4.78, 5) is 1.43. The van der Waals surface area contributed by atoms with Crippen LogP contribution in [0.1, 0.15) is 24.5 Å². The van der Waals surface area contributed by atoms with Gasteiger partial charge in [0, 0.05) is 10.6 Å². The van der Waals surface area contributed by atoms with E-state index in [1.54, 1.807) is 0 Å². The molecule has 1 unspecified atom stereocenters. The largest absolute Gasteiger partial charge is 0.179 e. The predicted octanol–water partition coefficient (Wildman–Crippen LogP) is 4.35. The van der Waals surface area contributed by atoms with Gasteiger partial charge in [0.15, 0.2) is 0 Å². The molecular weight excluding hydrogens is 220 g/mol. The molecule has 0 aliphatic heterocycles. The van der Waals surface area contributed by atoms with Gasteiger partial charge in [0.1, 0.15) is 0 Å². The van der Waals surface area contributed by atoms with Crippen LogP contribution in [0.5, 0.6) is 0 Å². The molecule has 1 rings (SSSR count). The van der Waals surface area contributed by atoms with Crippen LogP contribution in [0.15, 0.2) is 23.1 Å². The van der Waals surface area contributed by atoms with Crippen LogP contribution >= 0.6 is 24.4 Å². The number of benzene rings is 1. The van der Waals surface area contributed by atoms with Crippen LogP contribution in [-0.4, -0.2) is 11.5 Å². The zero-order chi connectivity index (χ0) is 11.3. The molecule has 0 aliphatic carbocycles. The first-order valence-electron chi connectivity index (χ1n) is 5.48. The van der Waals surface area contributed by atoms with Crippen LogP contribution in [-0.2, 0) is 0 Å². The summed E-state index contributed by atoms with van der Waals surface area (Å²) in [5, 5.41) is 0. The Kier molecular flexibility index (Phi) is 5.62.